The molecule has 0 aliphatic heterocycles. The first-order chi connectivity index (χ1) is 14.5. The summed E-state index contributed by atoms with van der Waals surface area (Å²) in [5, 5.41) is 13.6. The normalized spacial score (nSPS) is 18.8. The van der Waals surface area contributed by atoms with Gasteiger partial charge in [0, 0.05) is 11.7 Å². The van der Waals surface area contributed by atoms with E-state index in [-0.39, 0.29) is 34.8 Å². The third-order valence-corrected chi connectivity index (χ3v) is 5.34. The van der Waals surface area contributed by atoms with Gasteiger partial charge in [-0.05, 0) is 61.9 Å². The summed E-state index contributed by atoms with van der Waals surface area (Å²) in [6, 6.07) is 10.2. The fourth-order valence-corrected chi connectivity index (χ4v) is 3.58. The number of hydrogen-bond acceptors (Lipinski definition) is 5. The zero-order valence-electron chi connectivity index (χ0n) is 16.5. The van der Waals surface area contributed by atoms with Gasteiger partial charge in [-0.3, -0.25) is 4.79 Å². The van der Waals surface area contributed by atoms with Crippen molar-refractivity contribution < 1.29 is 18.0 Å². The Kier molecular flexibility index (Phi) is 5.74. The van der Waals surface area contributed by atoms with Gasteiger partial charge in [-0.2, -0.15) is 0 Å². The number of halogens is 2. The van der Waals surface area contributed by atoms with Crippen molar-refractivity contribution in [1.29, 1.82) is 0 Å². The molecule has 2 aromatic carbocycles. The Morgan fingerprint density at radius 3 is 2.53 bits per heavy atom. The SMILES string of the molecule is CC1CCC(Nc2nnc(-c3ccc(NC(=O)c4ccccc4F)cc3F)o2)CC1. The molecule has 0 unspecified atom stereocenters. The summed E-state index contributed by atoms with van der Waals surface area (Å²) >= 11 is 0. The average Bonchev–Trinajstić information content (AvgIpc) is 3.18. The lowest BCUT2D eigenvalue weighted by Crippen LogP contribution is -2.25. The van der Waals surface area contributed by atoms with E-state index in [1.807, 2.05) is 0 Å². The number of nitrogens with zero attached hydrogens (tertiary/aromatic N) is 2. The molecule has 0 spiro atoms. The number of nitrogens with one attached hydrogen (secondary N) is 2. The van der Waals surface area contributed by atoms with E-state index in [4.69, 9.17) is 4.42 Å². The molecule has 3 aromatic rings. The van der Waals surface area contributed by atoms with Crippen LogP contribution in [-0.4, -0.2) is 22.1 Å². The van der Waals surface area contributed by atoms with Gasteiger partial charge in [0.2, 0.25) is 0 Å². The number of rotatable bonds is 5. The van der Waals surface area contributed by atoms with Crippen LogP contribution in [0.1, 0.15) is 43.0 Å². The molecule has 0 saturated heterocycles. The zero-order chi connectivity index (χ0) is 21.1. The van der Waals surface area contributed by atoms with E-state index in [0.29, 0.717) is 0 Å². The van der Waals surface area contributed by atoms with Crippen LogP contribution in [0.25, 0.3) is 11.5 Å². The van der Waals surface area contributed by atoms with Crippen molar-refractivity contribution in [2.24, 2.45) is 5.92 Å². The van der Waals surface area contributed by atoms with Gasteiger partial charge < -0.3 is 15.1 Å². The average molecular weight is 412 g/mol. The number of aromatic nitrogens is 2. The molecule has 6 nitrogen and oxygen atoms in total. The Morgan fingerprint density at radius 2 is 1.80 bits per heavy atom. The van der Waals surface area contributed by atoms with E-state index in [9.17, 15) is 13.6 Å². The van der Waals surface area contributed by atoms with Crippen LogP contribution in [0.5, 0.6) is 0 Å². The quantitative estimate of drug-likeness (QED) is 0.598. The maximum absolute atomic E-state index is 14.6. The predicted molar refractivity (Wildman–Crippen MR) is 109 cm³/mol. The molecule has 2 N–H and O–H groups in total. The molecule has 1 saturated carbocycles. The van der Waals surface area contributed by atoms with E-state index in [2.05, 4.69) is 27.8 Å². The molecule has 0 atom stereocenters. The van der Waals surface area contributed by atoms with Gasteiger partial charge in [0.15, 0.2) is 0 Å². The molecule has 30 heavy (non-hydrogen) atoms. The summed E-state index contributed by atoms with van der Waals surface area (Å²) < 4.78 is 33.9. The maximum atomic E-state index is 14.6. The molecule has 1 aliphatic carbocycles. The highest BCUT2D eigenvalue weighted by Gasteiger charge is 2.21. The first-order valence-electron chi connectivity index (χ1n) is 9.95. The van der Waals surface area contributed by atoms with Gasteiger partial charge in [0.1, 0.15) is 11.6 Å². The Balaban J connectivity index is 1.44. The Morgan fingerprint density at radius 1 is 1.03 bits per heavy atom. The number of carbonyl (C=O) groups excluding carboxylic acids is 1. The van der Waals surface area contributed by atoms with Crippen molar-refractivity contribution in [1.82, 2.24) is 10.2 Å². The second-order valence-electron chi connectivity index (χ2n) is 7.64. The third-order valence-electron chi connectivity index (χ3n) is 5.34. The molecular weight excluding hydrogens is 390 g/mol. The molecule has 0 bridgehead atoms. The van der Waals surface area contributed by atoms with Crippen molar-refractivity contribution in [2.45, 2.75) is 38.6 Å². The highest BCUT2D eigenvalue weighted by molar-refractivity contribution is 6.04. The predicted octanol–water partition coefficient (Wildman–Crippen LogP) is 5.26. The fourth-order valence-electron chi connectivity index (χ4n) is 3.58. The minimum atomic E-state index is -0.661. The summed E-state index contributed by atoms with van der Waals surface area (Å²) in [5.74, 6) is -1.17. The number of carbonyl (C=O) groups is 1. The van der Waals surface area contributed by atoms with Gasteiger partial charge in [-0.25, -0.2) is 8.78 Å². The van der Waals surface area contributed by atoms with Gasteiger partial charge >= 0.3 is 6.01 Å². The molecule has 156 valence electrons. The van der Waals surface area contributed by atoms with Crippen molar-refractivity contribution in [2.75, 3.05) is 10.6 Å². The summed E-state index contributed by atoms with van der Waals surface area (Å²) in [6.45, 7) is 2.24. The summed E-state index contributed by atoms with van der Waals surface area (Å²) in [5.41, 5.74) is 0.196. The molecular formula is C22H22F2N4O2. The lowest BCUT2D eigenvalue weighted by atomic mass is 9.87. The van der Waals surface area contributed by atoms with Gasteiger partial charge in [0.25, 0.3) is 11.8 Å². The number of anilines is 2. The standard InChI is InChI=1S/C22H22F2N4O2/c1-13-6-8-14(9-7-13)26-22-28-27-21(30-22)17-11-10-15(12-19(17)24)25-20(29)16-4-2-3-5-18(16)23/h2-5,10-14H,6-9H2,1H3,(H,25,29)(H,26,28). The van der Waals surface area contributed by atoms with Crippen LogP contribution in [0, 0.1) is 17.6 Å². The highest BCUT2D eigenvalue weighted by Crippen LogP contribution is 2.28. The first-order valence-corrected chi connectivity index (χ1v) is 9.95. The number of benzene rings is 2. The molecule has 1 aromatic heterocycles. The molecule has 4 rings (SSSR count). The molecule has 1 amide bonds. The minimum absolute atomic E-state index is 0.0474. The Hall–Kier alpha value is -3.29. The van der Waals surface area contributed by atoms with E-state index >= 15 is 0 Å². The van der Waals surface area contributed by atoms with Crippen LogP contribution < -0.4 is 10.6 Å². The molecule has 1 aliphatic rings. The van der Waals surface area contributed by atoms with Crippen molar-refractivity contribution in [3.63, 3.8) is 0 Å². The van der Waals surface area contributed by atoms with Gasteiger partial charge in [0.05, 0.1) is 11.1 Å². The number of amides is 1. The monoisotopic (exact) mass is 412 g/mol. The van der Waals surface area contributed by atoms with Crippen LogP contribution in [0.15, 0.2) is 46.9 Å². The first kappa shape index (κ1) is 20.0. The van der Waals surface area contributed by atoms with Crippen molar-refractivity contribution >= 4 is 17.6 Å². The van der Waals surface area contributed by atoms with E-state index in [0.717, 1.165) is 37.7 Å². The van der Waals surface area contributed by atoms with E-state index in [1.165, 1.54) is 30.3 Å². The van der Waals surface area contributed by atoms with Crippen LogP contribution >= 0.6 is 0 Å². The highest BCUT2D eigenvalue weighted by atomic mass is 19.1. The lowest BCUT2D eigenvalue weighted by molar-refractivity contribution is 0.102. The van der Waals surface area contributed by atoms with Crippen LogP contribution in [0.3, 0.4) is 0 Å². The molecule has 0 radical (unpaired) electrons. The smallest absolute Gasteiger partial charge is 0.315 e. The Labute approximate surface area is 172 Å². The van der Waals surface area contributed by atoms with Gasteiger partial charge in [-0.15, -0.1) is 5.10 Å². The van der Waals surface area contributed by atoms with Crippen molar-refractivity contribution in [3.8, 4) is 11.5 Å². The number of hydrogen-bond donors (Lipinski definition) is 2. The van der Waals surface area contributed by atoms with Crippen molar-refractivity contribution in [3.05, 3.63) is 59.7 Å². The lowest BCUT2D eigenvalue weighted by Gasteiger charge is -2.25. The minimum Gasteiger partial charge on any atom is -0.403 e. The summed E-state index contributed by atoms with van der Waals surface area (Å²) in [7, 11) is 0. The second kappa shape index (κ2) is 8.61. The molecule has 1 heterocycles. The fraction of sp³-hybridized carbons (Fsp3) is 0.318. The van der Waals surface area contributed by atoms with E-state index in [1.54, 1.807) is 6.07 Å². The second-order valence-corrected chi connectivity index (χ2v) is 7.64. The zero-order valence-corrected chi connectivity index (χ0v) is 16.5. The van der Waals surface area contributed by atoms with E-state index < -0.39 is 17.5 Å². The Bertz CT molecular complexity index is 1050. The summed E-state index contributed by atoms with van der Waals surface area (Å²) in [6.07, 6.45) is 4.36. The van der Waals surface area contributed by atoms with Crippen LogP contribution in [0.4, 0.5) is 20.5 Å². The topological polar surface area (TPSA) is 80.0 Å². The van der Waals surface area contributed by atoms with Crippen LogP contribution in [0.2, 0.25) is 0 Å². The molecule has 1 fully saturated rings. The largest absolute Gasteiger partial charge is 0.403 e. The van der Waals surface area contributed by atoms with Gasteiger partial charge in [-0.1, -0.05) is 24.2 Å². The summed E-state index contributed by atoms with van der Waals surface area (Å²) in [4.78, 5) is 12.2. The molecule has 8 heteroatoms. The van der Waals surface area contributed by atoms with Crippen LogP contribution in [-0.2, 0) is 0 Å². The maximum Gasteiger partial charge on any atom is 0.315 e. The third kappa shape index (κ3) is 4.48.